The van der Waals surface area contributed by atoms with E-state index in [2.05, 4.69) is 6.58 Å². The van der Waals surface area contributed by atoms with Crippen molar-refractivity contribution in [3.63, 3.8) is 0 Å². The number of allylic oxidation sites excluding steroid dienone is 2. The van der Waals surface area contributed by atoms with Gasteiger partial charge in [0.1, 0.15) is 18.0 Å². The SMILES string of the molecule is C=C1C=C1OCC1(C)CO1. The van der Waals surface area contributed by atoms with Crippen molar-refractivity contribution in [2.45, 2.75) is 12.5 Å². The highest BCUT2D eigenvalue weighted by atomic mass is 16.6. The number of rotatable bonds is 3. The van der Waals surface area contributed by atoms with Gasteiger partial charge in [0.2, 0.25) is 0 Å². The summed E-state index contributed by atoms with van der Waals surface area (Å²) in [4.78, 5) is 0. The predicted octanol–water partition coefficient (Wildman–Crippen LogP) is 1.25. The van der Waals surface area contributed by atoms with Crippen LogP contribution in [0.3, 0.4) is 0 Å². The van der Waals surface area contributed by atoms with Crippen LogP contribution in [-0.2, 0) is 9.47 Å². The van der Waals surface area contributed by atoms with Crippen molar-refractivity contribution < 1.29 is 9.47 Å². The lowest BCUT2D eigenvalue weighted by molar-refractivity contribution is 0.154. The summed E-state index contributed by atoms with van der Waals surface area (Å²) >= 11 is 0. The van der Waals surface area contributed by atoms with Gasteiger partial charge >= 0.3 is 0 Å². The first-order valence-corrected chi connectivity index (χ1v) is 3.37. The van der Waals surface area contributed by atoms with Crippen LogP contribution in [0.5, 0.6) is 0 Å². The molecule has 1 heterocycles. The quantitative estimate of drug-likeness (QED) is 0.547. The standard InChI is InChI=1S/C8H10O2/c1-6-3-7(6)9-4-8(2)5-10-8/h3H,1,4-5H2,2H3. The van der Waals surface area contributed by atoms with Gasteiger partial charge in [0.05, 0.1) is 6.61 Å². The molecule has 0 spiro atoms. The zero-order chi connectivity index (χ0) is 7.19. The Bertz CT molecular complexity index is 211. The molecule has 1 aliphatic carbocycles. The molecule has 0 aromatic heterocycles. The van der Waals surface area contributed by atoms with Crippen molar-refractivity contribution in [3.05, 3.63) is 24.0 Å². The predicted molar refractivity (Wildman–Crippen MR) is 37.5 cm³/mol. The third-order valence-corrected chi connectivity index (χ3v) is 1.71. The van der Waals surface area contributed by atoms with E-state index < -0.39 is 0 Å². The second kappa shape index (κ2) is 1.64. The van der Waals surface area contributed by atoms with E-state index in [-0.39, 0.29) is 5.60 Å². The normalized spacial score (nSPS) is 35.3. The molecule has 1 atom stereocenters. The molecule has 10 heavy (non-hydrogen) atoms. The lowest BCUT2D eigenvalue weighted by Crippen LogP contribution is -2.12. The van der Waals surface area contributed by atoms with Gasteiger partial charge in [-0.2, -0.15) is 0 Å². The van der Waals surface area contributed by atoms with Crippen molar-refractivity contribution >= 4 is 0 Å². The first-order chi connectivity index (χ1) is 4.70. The third-order valence-electron chi connectivity index (χ3n) is 1.71. The van der Waals surface area contributed by atoms with Gasteiger partial charge in [0.15, 0.2) is 0 Å². The number of hydrogen-bond acceptors (Lipinski definition) is 2. The molecule has 1 fully saturated rings. The molecule has 54 valence electrons. The van der Waals surface area contributed by atoms with Crippen molar-refractivity contribution in [2.24, 2.45) is 0 Å². The summed E-state index contributed by atoms with van der Waals surface area (Å²) in [5, 5.41) is 0. The van der Waals surface area contributed by atoms with E-state index in [1.165, 1.54) is 0 Å². The highest BCUT2D eigenvalue weighted by molar-refractivity contribution is 5.50. The molecule has 1 unspecified atom stereocenters. The topological polar surface area (TPSA) is 21.8 Å². The van der Waals surface area contributed by atoms with Gasteiger partial charge in [-0.05, 0) is 13.0 Å². The Morgan fingerprint density at radius 2 is 2.50 bits per heavy atom. The van der Waals surface area contributed by atoms with Crippen LogP contribution in [0.25, 0.3) is 0 Å². The van der Waals surface area contributed by atoms with Crippen LogP contribution in [0.1, 0.15) is 6.92 Å². The average Bonchev–Trinajstić information content (AvgIpc) is 2.71. The largest absolute Gasteiger partial charge is 0.490 e. The van der Waals surface area contributed by atoms with Gasteiger partial charge in [0.25, 0.3) is 0 Å². The van der Waals surface area contributed by atoms with Crippen LogP contribution in [0.4, 0.5) is 0 Å². The number of epoxide rings is 1. The third kappa shape index (κ3) is 1.07. The monoisotopic (exact) mass is 138 g/mol. The molecule has 0 aromatic carbocycles. The Morgan fingerprint density at radius 1 is 1.90 bits per heavy atom. The lowest BCUT2D eigenvalue weighted by Gasteiger charge is -2.03. The Balaban J connectivity index is 1.74. The molecule has 2 heteroatoms. The molecule has 2 nitrogen and oxygen atoms in total. The highest BCUT2D eigenvalue weighted by Gasteiger charge is 2.41. The highest BCUT2D eigenvalue weighted by Crippen LogP contribution is 2.32. The Morgan fingerprint density at radius 3 is 2.90 bits per heavy atom. The van der Waals surface area contributed by atoms with Gasteiger partial charge in [-0.25, -0.2) is 0 Å². The van der Waals surface area contributed by atoms with Crippen molar-refractivity contribution in [2.75, 3.05) is 13.2 Å². The van der Waals surface area contributed by atoms with Crippen molar-refractivity contribution in [1.82, 2.24) is 0 Å². The fraction of sp³-hybridized carbons (Fsp3) is 0.500. The minimum Gasteiger partial charge on any atom is -0.490 e. The van der Waals surface area contributed by atoms with Gasteiger partial charge in [-0.15, -0.1) is 0 Å². The van der Waals surface area contributed by atoms with Crippen LogP contribution in [0.15, 0.2) is 24.0 Å². The van der Waals surface area contributed by atoms with E-state index >= 15 is 0 Å². The maximum Gasteiger partial charge on any atom is 0.126 e. The van der Waals surface area contributed by atoms with Crippen LogP contribution < -0.4 is 0 Å². The van der Waals surface area contributed by atoms with E-state index in [0.717, 1.165) is 17.9 Å². The summed E-state index contributed by atoms with van der Waals surface area (Å²) in [5.74, 6) is 0.941. The van der Waals surface area contributed by atoms with Crippen molar-refractivity contribution in [3.8, 4) is 0 Å². The first-order valence-electron chi connectivity index (χ1n) is 3.37. The Kier molecular flexibility index (Phi) is 0.980. The molecule has 2 rings (SSSR count). The summed E-state index contributed by atoms with van der Waals surface area (Å²) in [6.07, 6.45) is 1.92. The molecule has 0 aromatic rings. The average molecular weight is 138 g/mol. The molecule has 0 amide bonds. The minimum atomic E-state index is 0.00368. The van der Waals surface area contributed by atoms with Crippen LogP contribution in [-0.4, -0.2) is 18.8 Å². The van der Waals surface area contributed by atoms with E-state index in [1.807, 2.05) is 13.0 Å². The maximum atomic E-state index is 5.33. The van der Waals surface area contributed by atoms with Gasteiger partial charge < -0.3 is 9.47 Å². The molecule has 0 saturated carbocycles. The lowest BCUT2D eigenvalue weighted by atomic mass is 10.2. The second-order valence-electron chi connectivity index (χ2n) is 3.06. The molecular weight excluding hydrogens is 128 g/mol. The van der Waals surface area contributed by atoms with Crippen LogP contribution in [0, 0.1) is 0 Å². The fourth-order valence-corrected chi connectivity index (χ4v) is 0.693. The number of ether oxygens (including phenoxy) is 2. The fourth-order valence-electron chi connectivity index (χ4n) is 0.693. The summed E-state index contributed by atoms with van der Waals surface area (Å²) < 4.78 is 10.5. The maximum absolute atomic E-state index is 5.33. The van der Waals surface area contributed by atoms with E-state index in [1.54, 1.807) is 0 Å². The summed E-state index contributed by atoms with van der Waals surface area (Å²) in [6.45, 7) is 7.24. The van der Waals surface area contributed by atoms with Gasteiger partial charge in [-0.3, -0.25) is 0 Å². The van der Waals surface area contributed by atoms with Crippen molar-refractivity contribution in [1.29, 1.82) is 0 Å². The molecule has 0 radical (unpaired) electrons. The summed E-state index contributed by atoms with van der Waals surface area (Å²) in [5.41, 5.74) is 1.02. The van der Waals surface area contributed by atoms with E-state index in [9.17, 15) is 0 Å². The Labute approximate surface area is 60.1 Å². The molecular formula is C8H10O2. The van der Waals surface area contributed by atoms with Gasteiger partial charge in [0, 0.05) is 5.57 Å². The zero-order valence-electron chi connectivity index (χ0n) is 6.02. The van der Waals surface area contributed by atoms with E-state index in [4.69, 9.17) is 9.47 Å². The summed E-state index contributed by atoms with van der Waals surface area (Å²) in [6, 6.07) is 0. The molecule has 1 aliphatic heterocycles. The molecule has 0 bridgehead atoms. The van der Waals surface area contributed by atoms with Gasteiger partial charge in [-0.1, -0.05) is 6.58 Å². The molecule has 1 saturated heterocycles. The number of hydrogen-bond donors (Lipinski definition) is 0. The molecule has 0 N–H and O–H groups in total. The molecule has 2 aliphatic rings. The van der Waals surface area contributed by atoms with Crippen LogP contribution in [0.2, 0.25) is 0 Å². The van der Waals surface area contributed by atoms with E-state index in [0.29, 0.717) is 6.61 Å². The second-order valence-corrected chi connectivity index (χ2v) is 3.06. The van der Waals surface area contributed by atoms with Crippen LogP contribution >= 0.6 is 0 Å². The zero-order valence-corrected chi connectivity index (χ0v) is 6.02. The first kappa shape index (κ1) is 5.98. The minimum absolute atomic E-state index is 0.00368. The summed E-state index contributed by atoms with van der Waals surface area (Å²) in [7, 11) is 0. The smallest absolute Gasteiger partial charge is 0.126 e. The Hall–Kier alpha value is -0.760.